The molecular formula is C18H21N5O. The fourth-order valence-corrected chi connectivity index (χ4v) is 2.98. The van der Waals surface area contributed by atoms with Gasteiger partial charge in [0.05, 0.1) is 37.3 Å². The average Bonchev–Trinajstić information content (AvgIpc) is 3.27. The Bertz CT molecular complexity index is 774. The third kappa shape index (κ3) is 3.33. The molecule has 1 saturated heterocycles. The molecule has 0 aliphatic carbocycles. The predicted octanol–water partition coefficient (Wildman–Crippen LogP) is 2.71. The molecule has 6 nitrogen and oxygen atoms in total. The van der Waals surface area contributed by atoms with Crippen molar-refractivity contribution in [2.24, 2.45) is 0 Å². The number of anilines is 1. The van der Waals surface area contributed by atoms with Crippen LogP contribution in [0, 0.1) is 0 Å². The minimum Gasteiger partial charge on any atom is -0.379 e. The number of para-hydroxylation sites is 1. The van der Waals surface area contributed by atoms with Gasteiger partial charge in [-0.3, -0.25) is 0 Å². The summed E-state index contributed by atoms with van der Waals surface area (Å²) in [6.07, 6.45) is 8.01. The van der Waals surface area contributed by atoms with E-state index in [2.05, 4.69) is 15.5 Å². The number of nitrogens with one attached hydrogen (secondary N) is 1. The number of benzene rings is 1. The molecule has 2 aromatic heterocycles. The lowest BCUT2D eigenvalue weighted by Gasteiger charge is -2.24. The summed E-state index contributed by atoms with van der Waals surface area (Å²) in [6, 6.07) is 12.5. The molecule has 1 N–H and O–H groups in total. The van der Waals surface area contributed by atoms with Crippen molar-refractivity contribution < 1.29 is 4.74 Å². The number of ether oxygens (including phenoxy) is 1. The molecular weight excluding hydrogens is 302 g/mol. The van der Waals surface area contributed by atoms with Crippen LogP contribution in [0.4, 0.5) is 5.82 Å². The van der Waals surface area contributed by atoms with Gasteiger partial charge in [-0.05, 0) is 25.0 Å². The zero-order valence-corrected chi connectivity index (χ0v) is 13.5. The Morgan fingerprint density at radius 3 is 2.92 bits per heavy atom. The lowest BCUT2D eigenvalue weighted by Crippen LogP contribution is -2.31. The first-order valence-corrected chi connectivity index (χ1v) is 8.33. The summed E-state index contributed by atoms with van der Waals surface area (Å²) in [5.41, 5.74) is 2.17. The fourth-order valence-electron chi connectivity index (χ4n) is 2.98. The first-order chi connectivity index (χ1) is 11.9. The first-order valence-electron chi connectivity index (χ1n) is 8.33. The second kappa shape index (κ2) is 6.88. The highest BCUT2D eigenvalue weighted by Gasteiger charge is 2.15. The minimum atomic E-state index is 0.362. The summed E-state index contributed by atoms with van der Waals surface area (Å²) in [6.45, 7) is 2.32. The summed E-state index contributed by atoms with van der Waals surface area (Å²) in [5, 5.41) is 12.4. The van der Waals surface area contributed by atoms with Crippen LogP contribution in [0.1, 0.15) is 18.4 Å². The van der Waals surface area contributed by atoms with Gasteiger partial charge in [-0.15, -0.1) is 0 Å². The molecule has 1 aliphatic heterocycles. The van der Waals surface area contributed by atoms with Crippen molar-refractivity contribution in [2.75, 3.05) is 18.5 Å². The number of hydrogen-bond donors (Lipinski definition) is 1. The Balaban J connectivity index is 1.46. The van der Waals surface area contributed by atoms with Crippen LogP contribution in [-0.4, -0.2) is 38.8 Å². The number of nitrogens with zero attached hydrogens (tertiary/aromatic N) is 4. The van der Waals surface area contributed by atoms with Crippen LogP contribution < -0.4 is 5.32 Å². The van der Waals surface area contributed by atoms with Crippen molar-refractivity contribution in [3.05, 3.63) is 60.6 Å². The van der Waals surface area contributed by atoms with Crippen LogP contribution in [0.5, 0.6) is 0 Å². The fraction of sp³-hybridized carbons (Fsp3) is 0.333. The van der Waals surface area contributed by atoms with E-state index in [1.165, 1.54) is 0 Å². The van der Waals surface area contributed by atoms with E-state index >= 15 is 0 Å². The van der Waals surface area contributed by atoms with Crippen LogP contribution in [0.2, 0.25) is 0 Å². The highest BCUT2D eigenvalue weighted by Crippen LogP contribution is 2.16. The molecule has 0 spiro atoms. The Morgan fingerprint density at radius 1 is 1.17 bits per heavy atom. The smallest absolute Gasteiger partial charge is 0.124 e. The number of rotatable bonds is 5. The summed E-state index contributed by atoms with van der Waals surface area (Å²) in [5.74, 6) is 1.03. The van der Waals surface area contributed by atoms with Crippen molar-refractivity contribution in [1.82, 2.24) is 19.6 Å². The standard InChI is InChI=1S/C18H21N5O/c1-2-6-17(7-3-1)22-12-15(11-20-22)13-23-18(8-9-19-23)21-16-5-4-10-24-14-16/h1-3,6-9,11-12,16,21H,4-5,10,13-14H2/t16-/m1/s1. The highest BCUT2D eigenvalue weighted by atomic mass is 16.5. The van der Waals surface area contributed by atoms with Gasteiger partial charge >= 0.3 is 0 Å². The van der Waals surface area contributed by atoms with Gasteiger partial charge in [0.1, 0.15) is 5.82 Å². The molecule has 1 atom stereocenters. The Kier molecular flexibility index (Phi) is 4.29. The molecule has 24 heavy (non-hydrogen) atoms. The maximum Gasteiger partial charge on any atom is 0.124 e. The summed E-state index contributed by atoms with van der Waals surface area (Å²) < 4.78 is 9.40. The highest BCUT2D eigenvalue weighted by molar-refractivity contribution is 5.36. The molecule has 124 valence electrons. The van der Waals surface area contributed by atoms with E-state index in [9.17, 15) is 0 Å². The molecule has 3 aromatic rings. The van der Waals surface area contributed by atoms with E-state index in [-0.39, 0.29) is 0 Å². The van der Waals surface area contributed by atoms with Gasteiger partial charge in [0.15, 0.2) is 0 Å². The quantitative estimate of drug-likeness (QED) is 0.784. The Labute approximate surface area is 141 Å². The van der Waals surface area contributed by atoms with Gasteiger partial charge < -0.3 is 10.1 Å². The maximum atomic E-state index is 5.54. The van der Waals surface area contributed by atoms with Crippen molar-refractivity contribution in [1.29, 1.82) is 0 Å². The number of aromatic nitrogens is 4. The molecule has 0 amide bonds. The van der Waals surface area contributed by atoms with Crippen LogP contribution in [0.3, 0.4) is 0 Å². The van der Waals surface area contributed by atoms with E-state index < -0.39 is 0 Å². The van der Waals surface area contributed by atoms with E-state index in [1.54, 1.807) is 0 Å². The molecule has 3 heterocycles. The maximum absolute atomic E-state index is 5.54. The zero-order chi connectivity index (χ0) is 16.2. The third-order valence-corrected chi connectivity index (χ3v) is 4.22. The van der Waals surface area contributed by atoms with E-state index in [1.807, 2.05) is 64.4 Å². The lowest BCUT2D eigenvalue weighted by molar-refractivity contribution is 0.0874. The summed E-state index contributed by atoms with van der Waals surface area (Å²) in [4.78, 5) is 0. The van der Waals surface area contributed by atoms with Crippen molar-refractivity contribution in [2.45, 2.75) is 25.4 Å². The molecule has 0 unspecified atom stereocenters. The van der Waals surface area contributed by atoms with Gasteiger partial charge in [0.2, 0.25) is 0 Å². The minimum absolute atomic E-state index is 0.362. The molecule has 0 bridgehead atoms. The van der Waals surface area contributed by atoms with Gasteiger partial charge in [-0.25, -0.2) is 9.36 Å². The Hall–Kier alpha value is -2.60. The Morgan fingerprint density at radius 2 is 2.08 bits per heavy atom. The molecule has 1 aromatic carbocycles. The molecule has 1 fully saturated rings. The van der Waals surface area contributed by atoms with E-state index in [0.29, 0.717) is 12.6 Å². The largest absolute Gasteiger partial charge is 0.379 e. The zero-order valence-electron chi connectivity index (χ0n) is 13.5. The van der Waals surface area contributed by atoms with Crippen LogP contribution in [0.25, 0.3) is 5.69 Å². The normalized spacial score (nSPS) is 17.8. The topological polar surface area (TPSA) is 56.9 Å². The van der Waals surface area contributed by atoms with Crippen LogP contribution in [0.15, 0.2) is 55.0 Å². The first kappa shape index (κ1) is 15.0. The number of hydrogen-bond acceptors (Lipinski definition) is 4. The van der Waals surface area contributed by atoms with Crippen LogP contribution >= 0.6 is 0 Å². The molecule has 4 rings (SSSR count). The van der Waals surface area contributed by atoms with Crippen molar-refractivity contribution in [3.63, 3.8) is 0 Å². The van der Waals surface area contributed by atoms with E-state index in [4.69, 9.17) is 4.74 Å². The summed E-state index contributed by atoms with van der Waals surface area (Å²) >= 11 is 0. The molecule has 1 aliphatic rings. The summed E-state index contributed by atoms with van der Waals surface area (Å²) in [7, 11) is 0. The SMILES string of the molecule is c1ccc(-n2cc(Cn3nccc3N[C@@H]3CCCOC3)cn2)cc1. The molecule has 0 saturated carbocycles. The second-order valence-electron chi connectivity index (χ2n) is 6.06. The average molecular weight is 323 g/mol. The predicted molar refractivity (Wildman–Crippen MR) is 92.4 cm³/mol. The van der Waals surface area contributed by atoms with Gasteiger partial charge in [-0.1, -0.05) is 18.2 Å². The van der Waals surface area contributed by atoms with Gasteiger partial charge in [-0.2, -0.15) is 10.2 Å². The van der Waals surface area contributed by atoms with Gasteiger partial charge in [0.25, 0.3) is 0 Å². The van der Waals surface area contributed by atoms with Gasteiger partial charge in [0, 0.05) is 24.4 Å². The molecule has 0 radical (unpaired) electrons. The second-order valence-corrected chi connectivity index (χ2v) is 6.06. The van der Waals surface area contributed by atoms with Crippen molar-refractivity contribution in [3.8, 4) is 5.69 Å². The van der Waals surface area contributed by atoms with Crippen LogP contribution in [-0.2, 0) is 11.3 Å². The third-order valence-electron chi connectivity index (χ3n) is 4.22. The lowest BCUT2D eigenvalue weighted by atomic mass is 10.1. The van der Waals surface area contributed by atoms with Crippen molar-refractivity contribution >= 4 is 5.82 Å². The monoisotopic (exact) mass is 323 g/mol. The van der Waals surface area contributed by atoms with E-state index in [0.717, 1.165) is 43.1 Å². The molecule has 6 heteroatoms.